The fourth-order valence-electron chi connectivity index (χ4n) is 1.15. The molecule has 1 heterocycles. The third-order valence-corrected chi connectivity index (χ3v) is 2.08. The van der Waals surface area contributed by atoms with E-state index in [9.17, 15) is 4.79 Å². The Labute approximate surface area is 78.2 Å². The molecule has 0 aliphatic heterocycles. The first kappa shape index (κ1) is 9.84. The van der Waals surface area contributed by atoms with Crippen molar-refractivity contribution in [2.75, 3.05) is 5.73 Å². The normalized spacial score (nSPS) is 11.7. The summed E-state index contributed by atoms with van der Waals surface area (Å²) in [6.45, 7) is 6.27. The van der Waals surface area contributed by atoms with Gasteiger partial charge in [-0.1, -0.05) is 20.8 Å². The Kier molecular flexibility index (Phi) is 2.20. The molecule has 3 nitrogen and oxygen atoms in total. The SMILES string of the molecule is Cn1cc(C(C)(C)C)cc(N)c1=O. The molecule has 1 rings (SSSR count). The monoisotopic (exact) mass is 180 g/mol. The van der Waals surface area contributed by atoms with E-state index in [4.69, 9.17) is 5.73 Å². The van der Waals surface area contributed by atoms with Crippen LogP contribution in [0.5, 0.6) is 0 Å². The molecule has 0 atom stereocenters. The molecule has 0 spiro atoms. The van der Waals surface area contributed by atoms with Gasteiger partial charge in [0.15, 0.2) is 0 Å². The van der Waals surface area contributed by atoms with Crippen LogP contribution in [0.1, 0.15) is 26.3 Å². The van der Waals surface area contributed by atoms with E-state index in [1.54, 1.807) is 13.1 Å². The Balaban J connectivity index is 3.38. The predicted octanol–water partition coefficient (Wildman–Crippen LogP) is 1.26. The topological polar surface area (TPSA) is 48.0 Å². The Morgan fingerprint density at radius 3 is 2.31 bits per heavy atom. The number of pyridine rings is 1. The zero-order valence-corrected chi connectivity index (χ0v) is 8.59. The number of aryl methyl sites for hydroxylation is 1. The molecule has 2 N–H and O–H groups in total. The molecule has 0 unspecified atom stereocenters. The van der Waals surface area contributed by atoms with Crippen LogP contribution in [0.2, 0.25) is 0 Å². The van der Waals surface area contributed by atoms with Crippen molar-refractivity contribution < 1.29 is 0 Å². The molecule has 0 aliphatic rings. The molecule has 13 heavy (non-hydrogen) atoms. The zero-order valence-electron chi connectivity index (χ0n) is 8.59. The van der Waals surface area contributed by atoms with Crippen LogP contribution in [0, 0.1) is 0 Å². The molecule has 0 amide bonds. The maximum absolute atomic E-state index is 11.3. The van der Waals surface area contributed by atoms with Gasteiger partial charge in [0.05, 0.1) is 5.69 Å². The summed E-state index contributed by atoms with van der Waals surface area (Å²) < 4.78 is 1.52. The van der Waals surface area contributed by atoms with E-state index in [1.165, 1.54) is 4.57 Å². The molecule has 0 aromatic carbocycles. The Morgan fingerprint density at radius 2 is 1.92 bits per heavy atom. The third kappa shape index (κ3) is 1.91. The second-order valence-electron chi connectivity index (χ2n) is 4.35. The minimum Gasteiger partial charge on any atom is -0.394 e. The smallest absolute Gasteiger partial charge is 0.273 e. The molecule has 0 aliphatic carbocycles. The van der Waals surface area contributed by atoms with E-state index in [0.717, 1.165) is 5.56 Å². The fraction of sp³-hybridized carbons (Fsp3) is 0.500. The zero-order chi connectivity index (χ0) is 10.2. The van der Waals surface area contributed by atoms with Crippen molar-refractivity contribution in [2.24, 2.45) is 7.05 Å². The largest absolute Gasteiger partial charge is 0.394 e. The summed E-state index contributed by atoms with van der Waals surface area (Å²) in [5.41, 5.74) is 6.87. The van der Waals surface area contributed by atoms with E-state index < -0.39 is 0 Å². The molecule has 0 bridgehead atoms. The number of nitrogens with zero attached hydrogens (tertiary/aromatic N) is 1. The van der Waals surface area contributed by atoms with Crippen LogP contribution in [-0.2, 0) is 12.5 Å². The van der Waals surface area contributed by atoms with Crippen LogP contribution in [-0.4, -0.2) is 4.57 Å². The highest BCUT2D eigenvalue weighted by molar-refractivity contribution is 5.40. The van der Waals surface area contributed by atoms with E-state index >= 15 is 0 Å². The lowest BCUT2D eigenvalue weighted by Gasteiger charge is -2.19. The lowest BCUT2D eigenvalue weighted by Crippen LogP contribution is -2.23. The lowest BCUT2D eigenvalue weighted by atomic mass is 9.88. The summed E-state index contributed by atoms with van der Waals surface area (Å²) in [5.74, 6) is 0. The van der Waals surface area contributed by atoms with Gasteiger partial charge in [-0.05, 0) is 17.0 Å². The average molecular weight is 180 g/mol. The second kappa shape index (κ2) is 2.91. The number of aromatic nitrogens is 1. The summed E-state index contributed by atoms with van der Waals surface area (Å²) in [6.07, 6.45) is 1.83. The molecular formula is C10H16N2O. The lowest BCUT2D eigenvalue weighted by molar-refractivity contribution is 0.581. The number of hydrogen-bond donors (Lipinski definition) is 1. The molecule has 0 saturated heterocycles. The van der Waals surface area contributed by atoms with Crippen molar-refractivity contribution in [1.82, 2.24) is 4.57 Å². The van der Waals surface area contributed by atoms with Gasteiger partial charge in [0.1, 0.15) is 0 Å². The average Bonchev–Trinajstić information content (AvgIpc) is 1.97. The third-order valence-electron chi connectivity index (χ3n) is 2.08. The van der Waals surface area contributed by atoms with Crippen LogP contribution in [0.15, 0.2) is 17.1 Å². The standard InChI is InChI=1S/C10H16N2O/c1-10(2,3)7-5-8(11)9(13)12(4)6-7/h5-6H,11H2,1-4H3. The predicted molar refractivity (Wildman–Crippen MR) is 54.8 cm³/mol. The fourth-order valence-corrected chi connectivity index (χ4v) is 1.15. The van der Waals surface area contributed by atoms with Gasteiger partial charge in [0.2, 0.25) is 0 Å². The Bertz CT molecular complexity index is 345. The van der Waals surface area contributed by atoms with Crippen molar-refractivity contribution in [3.05, 3.63) is 28.2 Å². The summed E-state index contributed by atoms with van der Waals surface area (Å²) in [7, 11) is 1.72. The summed E-state index contributed by atoms with van der Waals surface area (Å²) >= 11 is 0. The molecule has 1 aromatic heterocycles. The summed E-state index contributed by atoms with van der Waals surface area (Å²) in [5, 5.41) is 0. The Hall–Kier alpha value is -1.25. The molecule has 0 saturated carbocycles. The maximum atomic E-state index is 11.3. The number of anilines is 1. The highest BCUT2D eigenvalue weighted by Gasteiger charge is 2.15. The quantitative estimate of drug-likeness (QED) is 0.653. The highest BCUT2D eigenvalue weighted by atomic mass is 16.1. The van der Waals surface area contributed by atoms with E-state index in [1.807, 2.05) is 6.20 Å². The van der Waals surface area contributed by atoms with E-state index in [2.05, 4.69) is 20.8 Å². The van der Waals surface area contributed by atoms with Gasteiger partial charge in [0.25, 0.3) is 5.56 Å². The number of rotatable bonds is 0. The van der Waals surface area contributed by atoms with Crippen LogP contribution in [0.4, 0.5) is 5.69 Å². The molecule has 3 heteroatoms. The van der Waals surface area contributed by atoms with Crippen molar-refractivity contribution in [1.29, 1.82) is 0 Å². The number of nitrogen functional groups attached to an aromatic ring is 1. The van der Waals surface area contributed by atoms with Gasteiger partial charge in [-0.15, -0.1) is 0 Å². The Morgan fingerprint density at radius 1 is 1.38 bits per heavy atom. The molecule has 1 aromatic rings. The number of nitrogens with two attached hydrogens (primary N) is 1. The first-order valence-corrected chi connectivity index (χ1v) is 4.29. The minimum atomic E-state index is -0.131. The van der Waals surface area contributed by atoms with Gasteiger partial charge in [-0.3, -0.25) is 4.79 Å². The maximum Gasteiger partial charge on any atom is 0.273 e. The number of hydrogen-bond acceptors (Lipinski definition) is 2. The van der Waals surface area contributed by atoms with E-state index in [0.29, 0.717) is 5.69 Å². The van der Waals surface area contributed by atoms with Crippen molar-refractivity contribution in [3.8, 4) is 0 Å². The van der Waals surface area contributed by atoms with Crippen molar-refractivity contribution in [2.45, 2.75) is 26.2 Å². The van der Waals surface area contributed by atoms with Gasteiger partial charge in [-0.2, -0.15) is 0 Å². The summed E-state index contributed by atoms with van der Waals surface area (Å²) in [4.78, 5) is 11.3. The first-order valence-electron chi connectivity index (χ1n) is 4.29. The van der Waals surface area contributed by atoms with Crippen LogP contribution >= 0.6 is 0 Å². The second-order valence-corrected chi connectivity index (χ2v) is 4.35. The molecular weight excluding hydrogens is 164 g/mol. The van der Waals surface area contributed by atoms with Crippen molar-refractivity contribution >= 4 is 5.69 Å². The molecule has 0 fully saturated rings. The van der Waals surface area contributed by atoms with Crippen LogP contribution in [0.3, 0.4) is 0 Å². The molecule has 0 radical (unpaired) electrons. The van der Waals surface area contributed by atoms with Crippen molar-refractivity contribution in [3.63, 3.8) is 0 Å². The van der Waals surface area contributed by atoms with Gasteiger partial charge in [0, 0.05) is 13.2 Å². The first-order chi connectivity index (χ1) is 5.82. The highest BCUT2D eigenvalue weighted by Crippen LogP contribution is 2.21. The van der Waals surface area contributed by atoms with Gasteiger partial charge >= 0.3 is 0 Å². The van der Waals surface area contributed by atoms with Crippen LogP contribution in [0.25, 0.3) is 0 Å². The van der Waals surface area contributed by atoms with Gasteiger partial charge < -0.3 is 10.3 Å². The van der Waals surface area contributed by atoms with E-state index in [-0.39, 0.29) is 11.0 Å². The minimum absolute atomic E-state index is 0.0274. The van der Waals surface area contributed by atoms with Gasteiger partial charge in [-0.25, -0.2) is 0 Å². The molecule has 72 valence electrons. The van der Waals surface area contributed by atoms with Crippen LogP contribution < -0.4 is 11.3 Å². The summed E-state index contributed by atoms with van der Waals surface area (Å²) in [6, 6.07) is 1.75.